The number of ether oxygens (including phenoxy) is 1. The molecule has 17 heavy (non-hydrogen) atoms. The molecule has 100 valence electrons. The summed E-state index contributed by atoms with van der Waals surface area (Å²) in [7, 11) is 1.80. The van der Waals surface area contributed by atoms with Crippen molar-refractivity contribution in [3.05, 3.63) is 0 Å². The summed E-state index contributed by atoms with van der Waals surface area (Å²) in [5, 5.41) is 4.33. The third-order valence-electron chi connectivity index (χ3n) is 3.66. The molecular weight excluding hydrogens is 232 g/mol. The molecule has 1 saturated heterocycles. The molecule has 4 heteroatoms. The molecule has 0 aromatic heterocycles. The van der Waals surface area contributed by atoms with E-state index in [0.717, 1.165) is 24.4 Å². The summed E-state index contributed by atoms with van der Waals surface area (Å²) in [5.74, 6) is 1.30. The van der Waals surface area contributed by atoms with Crippen LogP contribution in [0.5, 0.6) is 0 Å². The molecule has 1 heterocycles. The predicted molar refractivity (Wildman–Crippen MR) is 74.8 cm³/mol. The second-order valence-electron chi connectivity index (χ2n) is 5.08. The Labute approximate surface area is 110 Å². The molecule has 0 aromatic rings. The van der Waals surface area contributed by atoms with Crippen molar-refractivity contribution in [2.75, 3.05) is 45.6 Å². The van der Waals surface area contributed by atoms with E-state index in [9.17, 15) is 0 Å². The van der Waals surface area contributed by atoms with Gasteiger partial charge in [0.05, 0.1) is 6.61 Å². The van der Waals surface area contributed by atoms with Crippen LogP contribution in [0, 0.1) is 0 Å². The zero-order chi connectivity index (χ0) is 11.9. The third kappa shape index (κ3) is 5.16. The molecule has 2 rings (SSSR count). The maximum atomic E-state index is 5.19. The normalized spacial score (nSPS) is 22.2. The molecule has 0 bridgehead atoms. The van der Waals surface area contributed by atoms with Crippen LogP contribution >= 0.6 is 11.8 Å². The van der Waals surface area contributed by atoms with Gasteiger partial charge < -0.3 is 10.1 Å². The molecule has 1 saturated carbocycles. The predicted octanol–water partition coefficient (Wildman–Crippen LogP) is 1.58. The topological polar surface area (TPSA) is 24.5 Å². The van der Waals surface area contributed by atoms with Crippen LogP contribution in [0.1, 0.15) is 25.7 Å². The molecule has 0 atom stereocenters. The summed E-state index contributed by atoms with van der Waals surface area (Å²) in [6.07, 6.45) is 5.52. The van der Waals surface area contributed by atoms with Gasteiger partial charge in [0.25, 0.3) is 0 Å². The van der Waals surface area contributed by atoms with E-state index < -0.39 is 0 Å². The molecule has 2 aliphatic rings. The zero-order valence-corrected chi connectivity index (χ0v) is 11.8. The maximum Gasteiger partial charge on any atom is 0.0589 e. The van der Waals surface area contributed by atoms with Crippen LogP contribution in [0.25, 0.3) is 0 Å². The van der Waals surface area contributed by atoms with Crippen LogP contribution in [-0.2, 0) is 4.74 Å². The molecule has 1 aliphatic heterocycles. The zero-order valence-electron chi connectivity index (χ0n) is 11.0. The minimum absolute atomic E-state index is 0.874. The fraction of sp³-hybridized carbons (Fsp3) is 1.00. The summed E-state index contributed by atoms with van der Waals surface area (Å²) >= 11 is 2.18. The first kappa shape index (κ1) is 13.7. The summed E-state index contributed by atoms with van der Waals surface area (Å²) in [5.41, 5.74) is 0. The highest BCUT2D eigenvalue weighted by Crippen LogP contribution is 2.27. The van der Waals surface area contributed by atoms with Gasteiger partial charge in [0.2, 0.25) is 0 Å². The van der Waals surface area contributed by atoms with Crippen LogP contribution < -0.4 is 5.32 Å². The molecule has 0 unspecified atom stereocenters. The van der Waals surface area contributed by atoms with Gasteiger partial charge in [-0.1, -0.05) is 0 Å². The Morgan fingerprint density at radius 1 is 1.18 bits per heavy atom. The number of rotatable bonds is 8. The van der Waals surface area contributed by atoms with Crippen LogP contribution in [0.2, 0.25) is 0 Å². The van der Waals surface area contributed by atoms with E-state index in [1.807, 2.05) is 0 Å². The highest BCUT2D eigenvalue weighted by Gasteiger charge is 2.28. The molecule has 1 N–H and O–H groups in total. The Kier molecular flexibility index (Phi) is 6.12. The number of piperidine rings is 1. The number of hydrogen-bond donors (Lipinski definition) is 1. The SMILES string of the molecule is COCCN(CCSC1CCNCC1)C1CC1. The lowest BCUT2D eigenvalue weighted by Gasteiger charge is -2.25. The molecule has 0 amide bonds. The van der Waals surface area contributed by atoms with Crippen LogP contribution in [-0.4, -0.2) is 61.8 Å². The number of nitrogens with one attached hydrogen (secondary N) is 1. The monoisotopic (exact) mass is 258 g/mol. The van der Waals surface area contributed by atoms with Crippen molar-refractivity contribution in [1.29, 1.82) is 0 Å². The molecular formula is C13H26N2OS. The smallest absolute Gasteiger partial charge is 0.0589 e. The van der Waals surface area contributed by atoms with E-state index in [1.165, 1.54) is 51.1 Å². The molecule has 3 nitrogen and oxygen atoms in total. The Balaban J connectivity index is 1.57. The van der Waals surface area contributed by atoms with Gasteiger partial charge in [-0.15, -0.1) is 0 Å². The third-order valence-corrected chi connectivity index (χ3v) is 5.03. The number of thioether (sulfide) groups is 1. The van der Waals surface area contributed by atoms with E-state index in [1.54, 1.807) is 7.11 Å². The molecule has 0 radical (unpaired) electrons. The molecule has 0 aromatic carbocycles. The van der Waals surface area contributed by atoms with Gasteiger partial charge >= 0.3 is 0 Å². The van der Waals surface area contributed by atoms with Crippen molar-refractivity contribution in [3.63, 3.8) is 0 Å². The van der Waals surface area contributed by atoms with E-state index >= 15 is 0 Å². The lowest BCUT2D eigenvalue weighted by atomic mass is 10.2. The quantitative estimate of drug-likeness (QED) is 0.714. The Hall–Kier alpha value is 0.230. The van der Waals surface area contributed by atoms with Crippen molar-refractivity contribution in [2.45, 2.75) is 37.0 Å². The fourth-order valence-electron chi connectivity index (χ4n) is 2.42. The average molecular weight is 258 g/mol. The van der Waals surface area contributed by atoms with Crippen molar-refractivity contribution in [3.8, 4) is 0 Å². The van der Waals surface area contributed by atoms with Crippen molar-refractivity contribution in [1.82, 2.24) is 10.2 Å². The minimum Gasteiger partial charge on any atom is -0.383 e. The largest absolute Gasteiger partial charge is 0.383 e. The summed E-state index contributed by atoms with van der Waals surface area (Å²) in [4.78, 5) is 2.62. The standard InChI is InChI=1S/C13H26N2OS/c1-16-10-8-15(12-2-3-12)9-11-17-13-4-6-14-7-5-13/h12-14H,2-11H2,1H3. The first-order valence-corrected chi connectivity index (χ1v) is 8.00. The van der Waals surface area contributed by atoms with Crippen molar-refractivity contribution >= 4 is 11.8 Å². The van der Waals surface area contributed by atoms with Crippen LogP contribution in [0.4, 0.5) is 0 Å². The number of hydrogen-bond acceptors (Lipinski definition) is 4. The minimum atomic E-state index is 0.874. The molecule has 0 spiro atoms. The summed E-state index contributed by atoms with van der Waals surface area (Å²) in [6.45, 7) is 5.69. The van der Waals surface area contributed by atoms with Crippen molar-refractivity contribution < 1.29 is 4.74 Å². The Morgan fingerprint density at radius 2 is 1.94 bits per heavy atom. The van der Waals surface area contributed by atoms with Gasteiger partial charge in [0.15, 0.2) is 0 Å². The van der Waals surface area contributed by atoms with Crippen LogP contribution in [0.3, 0.4) is 0 Å². The Bertz CT molecular complexity index is 206. The molecule has 1 aliphatic carbocycles. The first-order valence-electron chi connectivity index (χ1n) is 6.95. The lowest BCUT2D eigenvalue weighted by molar-refractivity contribution is 0.147. The number of methoxy groups -OCH3 is 1. The van der Waals surface area contributed by atoms with E-state index in [4.69, 9.17) is 4.74 Å². The number of nitrogens with zero attached hydrogens (tertiary/aromatic N) is 1. The highest BCUT2D eigenvalue weighted by atomic mass is 32.2. The lowest BCUT2D eigenvalue weighted by Crippen LogP contribution is -2.33. The van der Waals surface area contributed by atoms with E-state index in [2.05, 4.69) is 22.0 Å². The second kappa shape index (κ2) is 7.62. The van der Waals surface area contributed by atoms with Gasteiger partial charge in [0.1, 0.15) is 0 Å². The first-order chi connectivity index (χ1) is 8.40. The maximum absolute atomic E-state index is 5.19. The van der Waals surface area contributed by atoms with Crippen LogP contribution in [0.15, 0.2) is 0 Å². The average Bonchev–Trinajstić information content (AvgIpc) is 3.19. The summed E-state index contributed by atoms with van der Waals surface area (Å²) < 4.78 is 5.19. The van der Waals surface area contributed by atoms with Crippen molar-refractivity contribution in [2.24, 2.45) is 0 Å². The van der Waals surface area contributed by atoms with Gasteiger partial charge in [-0.2, -0.15) is 11.8 Å². The molecule has 2 fully saturated rings. The second-order valence-corrected chi connectivity index (χ2v) is 6.49. The van der Waals surface area contributed by atoms with Gasteiger partial charge in [-0.05, 0) is 38.8 Å². The fourth-order valence-corrected chi connectivity index (χ4v) is 3.67. The Morgan fingerprint density at radius 3 is 2.59 bits per heavy atom. The highest BCUT2D eigenvalue weighted by molar-refractivity contribution is 7.99. The van der Waals surface area contributed by atoms with E-state index in [-0.39, 0.29) is 0 Å². The van der Waals surface area contributed by atoms with Gasteiger partial charge in [0, 0.05) is 37.2 Å². The van der Waals surface area contributed by atoms with E-state index in [0.29, 0.717) is 0 Å². The van der Waals surface area contributed by atoms with Gasteiger partial charge in [-0.3, -0.25) is 4.90 Å². The van der Waals surface area contributed by atoms with Gasteiger partial charge in [-0.25, -0.2) is 0 Å². The summed E-state index contributed by atoms with van der Waals surface area (Å²) in [6, 6.07) is 0.874.